The van der Waals surface area contributed by atoms with Crippen molar-refractivity contribution in [2.24, 2.45) is 0 Å². The molecule has 0 aliphatic heterocycles. The first-order valence-corrected chi connectivity index (χ1v) is 10.7. The van der Waals surface area contributed by atoms with E-state index >= 15 is 0 Å². The third-order valence-corrected chi connectivity index (χ3v) is 5.33. The molecule has 28 heavy (non-hydrogen) atoms. The summed E-state index contributed by atoms with van der Waals surface area (Å²) in [6.07, 6.45) is 3.82. The van der Waals surface area contributed by atoms with Gasteiger partial charge < -0.3 is 10.1 Å². The first-order chi connectivity index (χ1) is 13.7. The van der Waals surface area contributed by atoms with Crippen molar-refractivity contribution in [1.29, 1.82) is 5.26 Å². The molecule has 0 radical (unpaired) electrons. The summed E-state index contributed by atoms with van der Waals surface area (Å²) in [6, 6.07) is 17.9. The highest BCUT2D eigenvalue weighted by atomic mass is 79.9. The highest BCUT2D eigenvalue weighted by molar-refractivity contribution is 9.10. The van der Waals surface area contributed by atoms with Crippen LogP contribution in [0.5, 0.6) is 5.75 Å². The van der Waals surface area contributed by atoms with E-state index in [1.165, 1.54) is 11.3 Å². The lowest BCUT2D eigenvalue weighted by molar-refractivity contribution is 0.309. The topological polar surface area (TPSA) is 57.9 Å². The second kappa shape index (κ2) is 10.1. The summed E-state index contributed by atoms with van der Waals surface area (Å²) >= 11 is 4.93. The van der Waals surface area contributed by atoms with Gasteiger partial charge in [-0.1, -0.05) is 47.5 Å². The minimum atomic E-state index is 0.489. The summed E-state index contributed by atoms with van der Waals surface area (Å²) in [6.45, 7) is 2.84. The Morgan fingerprint density at radius 1 is 1.29 bits per heavy atom. The first kappa shape index (κ1) is 20.1. The van der Waals surface area contributed by atoms with Crippen LogP contribution in [0.3, 0.4) is 0 Å². The molecule has 4 nitrogen and oxygen atoms in total. The molecule has 3 rings (SSSR count). The summed E-state index contributed by atoms with van der Waals surface area (Å²) in [5.74, 6) is 0.816. The maximum atomic E-state index is 9.56. The molecule has 0 spiro atoms. The van der Waals surface area contributed by atoms with Gasteiger partial charge in [-0.3, -0.25) is 0 Å². The maximum absolute atomic E-state index is 9.56. The number of aromatic nitrogens is 1. The number of halogens is 1. The van der Waals surface area contributed by atoms with Crippen LogP contribution in [0.1, 0.15) is 24.8 Å². The third kappa shape index (κ3) is 5.44. The van der Waals surface area contributed by atoms with Gasteiger partial charge >= 0.3 is 0 Å². The zero-order valence-electron chi connectivity index (χ0n) is 15.5. The number of thiazole rings is 1. The van der Waals surface area contributed by atoms with E-state index in [1.807, 2.05) is 53.9 Å². The normalized spacial score (nSPS) is 11.1. The van der Waals surface area contributed by atoms with Crippen LogP contribution in [0.4, 0.5) is 5.69 Å². The highest BCUT2D eigenvalue weighted by Gasteiger charge is 2.09. The standard InChI is InChI=1S/C22H20BrN3OS/c1-2-3-10-27-20-9-5-8-19(12-20)25-14-17(13-24)22-26-21(15-28-22)16-6-4-7-18(23)11-16/h4-9,11-12,14-15,25H,2-3,10H2,1H3/b17-14-. The lowest BCUT2D eigenvalue weighted by Crippen LogP contribution is -1.97. The molecule has 0 fully saturated rings. The summed E-state index contributed by atoms with van der Waals surface area (Å²) in [7, 11) is 0. The second-order valence-electron chi connectivity index (χ2n) is 6.09. The van der Waals surface area contributed by atoms with Gasteiger partial charge in [-0.15, -0.1) is 11.3 Å². The predicted octanol–water partition coefficient (Wildman–Crippen LogP) is 6.73. The summed E-state index contributed by atoms with van der Waals surface area (Å²) in [5, 5.41) is 15.4. The van der Waals surface area contributed by atoms with Gasteiger partial charge in [0.25, 0.3) is 0 Å². The molecule has 0 saturated carbocycles. The number of nitriles is 1. The Hall–Kier alpha value is -2.62. The fraction of sp³-hybridized carbons (Fsp3) is 0.182. The van der Waals surface area contributed by atoms with Crippen LogP contribution in [0.15, 0.2) is 64.6 Å². The smallest absolute Gasteiger partial charge is 0.136 e. The van der Waals surface area contributed by atoms with Gasteiger partial charge in [0.1, 0.15) is 22.4 Å². The SMILES string of the molecule is CCCCOc1cccc(N/C=C(/C#N)c2nc(-c3cccc(Br)c3)cs2)c1. The average Bonchev–Trinajstić information content (AvgIpc) is 3.19. The zero-order valence-corrected chi connectivity index (χ0v) is 17.9. The number of rotatable bonds is 8. The minimum absolute atomic E-state index is 0.489. The lowest BCUT2D eigenvalue weighted by Gasteiger charge is -2.07. The largest absolute Gasteiger partial charge is 0.494 e. The molecular formula is C22H20BrN3OS. The second-order valence-corrected chi connectivity index (χ2v) is 7.87. The number of hydrogen-bond donors (Lipinski definition) is 1. The summed E-state index contributed by atoms with van der Waals surface area (Å²) in [5.41, 5.74) is 3.22. The van der Waals surface area contributed by atoms with Crippen molar-refractivity contribution in [3.8, 4) is 23.1 Å². The summed E-state index contributed by atoms with van der Waals surface area (Å²) in [4.78, 5) is 4.61. The molecule has 0 unspecified atom stereocenters. The number of anilines is 1. The molecule has 1 heterocycles. The van der Waals surface area contributed by atoms with E-state index in [0.29, 0.717) is 17.2 Å². The number of ether oxygens (including phenoxy) is 1. The Kier molecular flexibility index (Phi) is 7.24. The van der Waals surface area contributed by atoms with E-state index in [4.69, 9.17) is 4.74 Å². The van der Waals surface area contributed by atoms with Gasteiger partial charge in [-0.2, -0.15) is 5.26 Å². The minimum Gasteiger partial charge on any atom is -0.494 e. The fourth-order valence-corrected chi connectivity index (χ4v) is 3.68. The van der Waals surface area contributed by atoms with Crippen molar-refractivity contribution in [3.63, 3.8) is 0 Å². The molecular weight excluding hydrogens is 434 g/mol. The van der Waals surface area contributed by atoms with Gasteiger partial charge in [0.15, 0.2) is 0 Å². The zero-order chi connectivity index (χ0) is 19.8. The predicted molar refractivity (Wildman–Crippen MR) is 119 cm³/mol. The molecule has 0 amide bonds. The van der Waals surface area contributed by atoms with Crippen LogP contribution in [-0.4, -0.2) is 11.6 Å². The average molecular weight is 454 g/mol. The number of nitrogens with zero attached hydrogens (tertiary/aromatic N) is 2. The third-order valence-electron chi connectivity index (χ3n) is 3.96. The fourth-order valence-electron chi connectivity index (χ4n) is 2.49. The molecule has 1 N–H and O–H groups in total. The lowest BCUT2D eigenvalue weighted by atomic mass is 10.2. The molecule has 0 bridgehead atoms. The van der Waals surface area contributed by atoms with Crippen molar-refractivity contribution in [3.05, 3.63) is 69.6 Å². The van der Waals surface area contributed by atoms with Crippen molar-refractivity contribution in [2.75, 3.05) is 11.9 Å². The van der Waals surface area contributed by atoms with Crippen LogP contribution < -0.4 is 10.1 Å². The molecule has 0 atom stereocenters. The van der Waals surface area contributed by atoms with Crippen molar-refractivity contribution in [2.45, 2.75) is 19.8 Å². The highest BCUT2D eigenvalue weighted by Crippen LogP contribution is 2.28. The van der Waals surface area contributed by atoms with Crippen LogP contribution in [0.25, 0.3) is 16.8 Å². The Labute approximate surface area is 177 Å². The van der Waals surface area contributed by atoms with E-state index in [0.717, 1.165) is 40.0 Å². The van der Waals surface area contributed by atoms with E-state index in [1.54, 1.807) is 6.20 Å². The van der Waals surface area contributed by atoms with Crippen molar-refractivity contribution >= 4 is 38.5 Å². The van der Waals surface area contributed by atoms with Crippen molar-refractivity contribution in [1.82, 2.24) is 4.98 Å². The van der Waals surface area contributed by atoms with Gasteiger partial charge in [-0.05, 0) is 30.7 Å². The molecule has 0 aliphatic rings. The Balaban J connectivity index is 1.73. The molecule has 2 aromatic carbocycles. The van der Waals surface area contributed by atoms with Gasteiger partial charge in [0.2, 0.25) is 0 Å². The summed E-state index contributed by atoms with van der Waals surface area (Å²) < 4.78 is 6.73. The quantitative estimate of drug-likeness (QED) is 0.303. The van der Waals surface area contributed by atoms with E-state index in [2.05, 4.69) is 39.2 Å². The Morgan fingerprint density at radius 3 is 2.93 bits per heavy atom. The Morgan fingerprint density at radius 2 is 2.14 bits per heavy atom. The molecule has 0 aliphatic carbocycles. The van der Waals surface area contributed by atoms with Gasteiger partial charge in [0.05, 0.1) is 12.3 Å². The van der Waals surface area contributed by atoms with Crippen LogP contribution in [-0.2, 0) is 0 Å². The van der Waals surface area contributed by atoms with E-state index in [9.17, 15) is 5.26 Å². The number of allylic oxidation sites excluding steroid dienone is 1. The van der Waals surface area contributed by atoms with Crippen molar-refractivity contribution < 1.29 is 4.74 Å². The number of benzene rings is 2. The number of hydrogen-bond acceptors (Lipinski definition) is 5. The number of unbranched alkanes of at least 4 members (excludes halogenated alkanes) is 1. The van der Waals surface area contributed by atoms with Crippen LogP contribution >= 0.6 is 27.3 Å². The van der Waals surface area contributed by atoms with E-state index < -0.39 is 0 Å². The van der Waals surface area contributed by atoms with Gasteiger partial charge in [-0.25, -0.2) is 4.98 Å². The molecule has 0 saturated heterocycles. The first-order valence-electron chi connectivity index (χ1n) is 9.01. The molecule has 3 aromatic rings. The maximum Gasteiger partial charge on any atom is 0.136 e. The molecule has 6 heteroatoms. The molecule has 142 valence electrons. The van der Waals surface area contributed by atoms with Gasteiger partial charge in [0, 0.05) is 33.4 Å². The Bertz CT molecular complexity index is 1010. The van der Waals surface area contributed by atoms with E-state index in [-0.39, 0.29) is 0 Å². The number of nitrogens with one attached hydrogen (secondary N) is 1. The van der Waals surface area contributed by atoms with Crippen LogP contribution in [0, 0.1) is 11.3 Å². The van der Waals surface area contributed by atoms with Crippen LogP contribution in [0.2, 0.25) is 0 Å². The monoisotopic (exact) mass is 453 g/mol. The molecule has 1 aromatic heterocycles.